The second kappa shape index (κ2) is 14.8. The lowest BCUT2D eigenvalue weighted by Gasteiger charge is -2.20. The summed E-state index contributed by atoms with van der Waals surface area (Å²) in [5.74, 6) is 0.797. The van der Waals surface area contributed by atoms with Gasteiger partial charge in [0.25, 0.3) is 0 Å². The van der Waals surface area contributed by atoms with Crippen LogP contribution in [-0.4, -0.2) is 43.4 Å². The first-order chi connectivity index (χ1) is 13.5. The summed E-state index contributed by atoms with van der Waals surface area (Å²) in [6, 6.07) is 11.0. The van der Waals surface area contributed by atoms with Gasteiger partial charge in [-0.15, -0.1) is 37.2 Å². The first-order valence-electron chi connectivity index (χ1n) is 10.0. The summed E-state index contributed by atoms with van der Waals surface area (Å²) in [5, 5.41) is 6.88. The van der Waals surface area contributed by atoms with E-state index in [1.807, 2.05) is 19.1 Å². The van der Waals surface area contributed by atoms with Gasteiger partial charge in [0, 0.05) is 37.3 Å². The van der Waals surface area contributed by atoms with E-state index in [0.717, 1.165) is 49.3 Å². The second-order valence-electron chi connectivity index (χ2n) is 7.78. The Morgan fingerprint density at radius 3 is 2.71 bits per heavy atom. The molecule has 1 unspecified atom stereocenters. The van der Waals surface area contributed by atoms with Crippen LogP contribution in [0.15, 0.2) is 36.4 Å². The van der Waals surface area contributed by atoms with Crippen LogP contribution in [0.4, 0.5) is 10.2 Å². The molecular weight excluding hydrogens is 462 g/mol. The maximum atomic E-state index is 13.3. The average Bonchev–Trinajstić information content (AvgIpc) is 3.05. The molecule has 3 atom stereocenters. The van der Waals surface area contributed by atoms with Crippen LogP contribution in [0.25, 0.3) is 0 Å². The van der Waals surface area contributed by atoms with Gasteiger partial charge in [-0.25, -0.2) is 9.37 Å². The van der Waals surface area contributed by atoms with Gasteiger partial charge in [0.05, 0.1) is 12.7 Å². The number of anilines is 1. The molecule has 2 heterocycles. The highest BCUT2D eigenvalue weighted by Gasteiger charge is 2.28. The number of pyridine rings is 1. The van der Waals surface area contributed by atoms with Gasteiger partial charge in [-0.1, -0.05) is 12.1 Å². The van der Waals surface area contributed by atoms with Crippen molar-refractivity contribution in [3.63, 3.8) is 0 Å². The quantitative estimate of drug-likeness (QED) is 0.462. The van der Waals surface area contributed by atoms with Crippen molar-refractivity contribution in [2.75, 3.05) is 32.0 Å². The SMILES string of the molecule is Cc1cc(N)nc(C[C@@H]2CNC[C@@H]2OCCNC(C)Cc2cccc(F)c2)c1.Cl.Cl.Cl. The van der Waals surface area contributed by atoms with Gasteiger partial charge >= 0.3 is 0 Å². The fourth-order valence-corrected chi connectivity index (χ4v) is 3.85. The predicted octanol–water partition coefficient (Wildman–Crippen LogP) is 3.74. The number of rotatable bonds is 9. The minimum absolute atomic E-state index is 0. The molecule has 0 saturated carbocycles. The molecule has 0 bridgehead atoms. The van der Waals surface area contributed by atoms with Crippen molar-refractivity contribution in [1.29, 1.82) is 0 Å². The lowest BCUT2D eigenvalue weighted by atomic mass is 9.99. The molecule has 0 aliphatic carbocycles. The maximum absolute atomic E-state index is 13.3. The summed E-state index contributed by atoms with van der Waals surface area (Å²) in [7, 11) is 0. The molecule has 31 heavy (non-hydrogen) atoms. The number of nitrogen functional groups attached to an aromatic ring is 1. The van der Waals surface area contributed by atoms with Crippen LogP contribution in [0.3, 0.4) is 0 Å². The number of nitrogens with zero attached hydrogens (tertiary/aromatic N) is 1. The zero-order valence-corrected chi connectivity index (χ0v) is 20.4. The number of aromatic nitrogens is 1. The van der Waals surface area contributed by atoms with Crippen LogP contribution < -0.4 is 16.4 Å². The van der Waals surface area contributed by atoms with Gasteiger partial charge < -0.3 is 21.1 Å². The Hall–Kier alpha value is -1.15. The van der Waals surface area contributed by atoms with E-state index in [1.165, 1.54) is 6.07 Å². The van der Waals surface area contributed by atoms with Crippen LogP contribution >= 0.6 is 37.2 Å². The predicted molar refractivity (Wildman–Crippen MR) is 133 cm³/mol. The van der Waals surface area contributed by atoms with E-state index in [0.29, 0.717) is 18.3 Å². The molecule has 0 radical (unpaired) electrons. The first kappa shape index (κ1) is 29.9. The minimum Gasteiger partial charge on any atom is -0.384 e. The van der Waals surface area contributed by atoms with Crippen LogP contribution in [0, 0.1) is 18.7 Å². The maximum Gasteiger partial charge on any atom is 0.123 e. The topological polar surface area (TPSA) is 72.2 Å². The Morgan fingerprint density at radius 1 is 1.23 bits per heavy atom. The molecule has 0 amide bonds. The normalized spacial score (nSPS) is 18.4. The van der Waals surface area contributed by atoms with Crippen LogP contribution in [0.5, 0.6) is 0 Å². The number of nitrogens with two attached hydrogens (primary N) is 1. The van der Waals surface area contributed by atoms with Gasteiger partial charge in [0.1, 0.15) is 11.6 Å². The summed E-state index contributed by atoms with van der Waals surface area (Å²) in [5.41, 5.74) is 9.05. The van der Waals surface area contributed by atoms with Crippen molar-refractivity contribution < 1.29 is 9.13 Å². The molecule has 1 saturated heterocycles. The Kier molecular flexibility index (Phi) is 14.3. The van der Waals surface area contributed by atoms with Gasteiger partial charge in [-0.05, 0) is 62.1 Å². The monoisotopic (exact) mass is 494 g/mol. The van der Waals surface area contributed by atoms with Crippen LogP contribution in [-0.2, 0) is 17.6 Å². The van der Waals surface area contributed by atoms with Crippen molar-refractivity contribution in [2.24, 2.45) is 5.92 Å². The molecule has 1 aromatic heterocycles. The molecule has 1 aliphatic heterocycles. The number of halogens is 4. The Bertz CT molecular complexity index is 764. The fraction of sp³-hybridized carbons (Fsp3) is 0.500. The molecular formula is C22H34Cl3FN4O. The molecule has 4 N–H and O–H groups in total. The number of benzene rings is 1. The van der Waals surface area contributed by atoms with E-state index in [4.69, 9.17) is 10.5 Å². The highest BCUT2D eigenvalue weighted by atomic mass is 35.5. The number of aryl methyl sites for hydroxylation is 1. The Balaban J connectivity index is 0.00000300. The molecule has 0 spiro atoms. The molecule has 176 valence electrons. The third-order valence-electron chi connectivity index (χ3n) is 5.15. The average molecular weight is 496 g/mol. The van der Waals surface area contributed by atoms with Crippen LogP contribution in [0.2, 0.25) is 0 Å². The molecule has 1 fully saturated rings. The van der Waals surface area contributed by atoms with Gasteiger partial charge in [-0.2, -0.15) is 0 Å². The van der Waals surface area contributed by atoms with E-state index < -0.39 is 0 Å². The van der Waals surface area contributed by atoms with Crippen molar-refractivity contribution in [3.8, 4) is 0 Å². The van der Waals surface area contributed by atoms with Crippen molar-refractivity contribution in [2.45, 2.75) is 38.8 Å². The zero-order valence-electron chi connectivity index (χ0n) is 18.0. The molecule has 5 nitrogen and oxygen atoms in total. The fourth-order valence-electron chi connectivity index (χ4n) is 3.85. The Labute approximate surface area is 203 Å². The van der Waals surface area contributed by atoms with Crippen molar-refractivity contribution >= 4 is 43.0 Å². The van der Waals surface area contributed by atoms with E-state index >= 15 is 0 Å². The van der Waals surface area contributed by atoms with E-state index in [9.17, 15) is 4.39 Å². The van der Waals surface area contributed by atoms with Gasteiger partial charge in [-0.3, -0.25) is 0 Å². The van der Waals surface area contributed by atoms with E-state index in [2.05, 4.69) is 28.6 Å². The molecule has 9 heteroatoms. The molecule has 2 aromatic rings. The van der Waals surface area contributed by atoms with Gasteiger partial charge in [0.15, 0.2) is 0 Å². The van der Waals surface area contributed by atoms with Crippen LogP contribution in [0.1, 0.15) is 23.7 Å². The first-order valence-corrected chi connectivity index (χ1v) is 10.0. The molecule has 1 aliphatic rings. The summed E-state index contributed by atoms with van der Waals surface area (Å²) < 4.78 is 19.4. The second-order valence-corrected chi connectivity index (χ2v) is 7.78. The molecule has 1 aromatic carbocycles. The summed E-state index contributed by atoms with van der Waals surface area (Å²) in [6.07, 6.45) is 1.85. The molecule has 3 rings (SSSR count). The number of hydrogen-bond donors (Lipinski definition) is 3. The largest absolute Gasteiger partial charge is 0.384 e. The van der Waals surface area contributed by atoms with Crippen molar-refractivity contribution in [1.82, 2.24) is 15.6 Å². The number of ether oxygens (including phenoxy) is 1. The van der Waals surface area contributed by atoms with Gasteiger partial charge in [0.2, 0.25) is 0 Å². The minimum atomic E-state index is -0.183. The summed E-state index contributed by atoms with van der Waals surface area (Å²) >= 11 is 0. The number of nitrogens with one attached hydrogen (secondary N) is 2. The van der Waals surface area contributed by atoms with Crippen molar-refractivity contribution in [3.05, 3.63) is 59.0 Å². The third kappa shape index (κ3) is 9.89. The summed E-state index contributed by atoms with van der Waals surface area (Å²) in [6.45, 7) is 7.38. The highest BCUT2D eigenvalue weighted by Crippen LogP contribution is 2.19. The smallest absolute Gasteiger partial charge is 0.123 e. The van der Waals surface area contributed by atoms with E-state index in [-0.39, 0.29) is 55.2 Å². The van der Waals surface area contributed by atoms with E-state index in [1.54, 1.807) is 12.1 Å². The lowest BCUT2D eigenvalue weighted by molar-refractivity contribution is 0.0387. The Morgan fingerprint density at radius 2 is 2.00 bits per heavy atom. The highest BCUT2D eigenvalue weighted by molar-refractivity contribution is 5.86. The number of hydrogen-bond acceptors (Lipinski definition) is 5. The summed E-state index contributed by atoms with van der Waals surface area (Å²) in [4.78, 5) is 4.45. The lowest BCUT2D eigenvalue weighted by Crippen LogP contribution is -2.33. The standard InChI is InChI=1S/C22H31FN4O.3ClH/c1-15-8-20(27-22(24)9-15)12-18-13-25-14-21(18)28-7-6-26-16(2)10-17-4-3-5-19(23)11-17;;;/h3-5,8-9,11,16,18,21,25-26H,6-7,10,12-14H2,1-2H3,(H2,24,27);3*1H/t16?,18-,21+;;;/m1.../s1. The third-order valence-corrected chi connectivity index (χ3v) is 5.15. The zero-order chi connectivity index (χ0) is 19.9.